The molecule has 0 saturated carbocycles. The standard InChI is InChI=1S/C8H11ClO4/c1-3-7(10)12-5-6(2)13-8(11)4-9/h3,6H,1,4-5H2,2H3. The third-order valence-corrected chi connectivity index (χ3v) is 1.29. The van der Waals surface area contributed by atoms with Crippen LogP contribution in [0.1, 0.15) is 6.92 Å². The molecule has 1 unspecified atom stereocenters. The molecule has 0 aromatic heterocycles. The van der Waals surface area contributed by atoms with Crippen LogP contribution in [-0.2, 0) is 19.1 Å². The third kappa shape index (κ3) is 6.16. The topological polar surface area (TPSA) is 52.6 Å². The molecule has 0 aliphatic rings. The molecule has 0 aromatic rings. The smallest absolute Gasteiger partial charge is 0.330 e. The van der Waals surface area contributed by atoms with Gasteiger partial charge in [-0.2, -0.15) is 0 Å². The van der Waals surface area contributed by atoms with Gasteiger partial charge in [-0.15, -0.1) is 11.6 Å². The van der Waals surface area contributed by atoms with E-state index in [4.69, 9.17) is 16.3 Å². The number of rotatable bonds is 5. The summed E-state index contributed by atoms with van der Waals surface area (Å²) >= 11 is 5.19. The van der Waals surface area contributed by atoms with Crippen LogP contribution in [0.25, 0.3) is 0 Å². The minimum absolute atomic E-state index is 0.00742. The zero-order valence-corrected chi connectivity index (χ0v) is 8.04. The predicted octanol–water partition coefficient (Wildman–Crippen LogP) is 0.886. The van der Waals surface area contributed by atoms with E-state index in [-0.39, 0.29) is 12.5 Å². The van der Waals surface area contributed by atoms with E-state index >= 15 is 0 Å². The van der Waals surface area contributed by atoms with Crippen LogP contribution in [0.4, 0.5) is 0 Å². The number of halogens is 1. The van der Waals surface area contributed by atoms with Crippen molar-refractivity contribution in [2.75, 3.05) is 12.5 Å². The van der Waals surface area contributed by atoms with Crippen LogP contribution >= 0.6 is 11.6 Å². The van der Waals surface area contributed by atoms with Crippen molar-refractivity contribution < 1.29 is 19.1 Å². The molecule has 0 aliphatic carbocycles. The number of hydrogen-bond donors (Lipinski definition) is 0. The highest BCUT2D eigenvalue weighted by Crippen LogP contribution is 1.95. The summed E-state index contributed by atoms with van der Waals surface area (Å²) in [6.07, 6.45) is 0.547. The second kappa shape index (κ2) is 6.48. The Hall–Kier alpha value is -1.03. The predicted molar refractivity (Wildman–Crippen MR) is 47.4 cm³/mol. The number of esters is 2. The van der Waals surface area contributed by atoms with Crippen LogP contribution in [0.5, 0.6) is 0 Å². The van der Waals surface area contributed by atoms with Crippen molar-refractivity contribution in [3.63, 3.8) is 0 Å². The molecule has 0 aliphatic heterocycles. The molecular weight excluding hydrogens is 196 g/mol. The van der Waals surface area contributed by atoms with Gasteiger partial charge in [0.2, 0.25) is 0 Å². The van der Waals surface area contributed by atoms with E-state index < -0.39 is 18.0 Å². The SMILES string of the molecule is C=CC(=O)OCC(C)OC(=O)CCl. The first-order valence-electron chi connectivity index (χ1n) is 3.64. The molecule has 0 fully saturated rings. The van der Waals surface area contributed by atoms with Crippen molar-refractivity contribution in [3.05, 3.63) is 12.7 Å². The minimum atomic E-state index is -0.547. The molecule has 74 valence electrons. The highest BCUT2D eigenvalue weighted by Gasteiger charge is 2.09. The molecule has 0 bridgehead atoms. The minimum Gasteiger partial charge on any atom is -0.459 e. The molecule has 0 saturated heterocycles. The fraction of sp³-hybridized carbons (Fsp3) is 0.500. The van der Waals surface area contributed by atoms with Crippen LogP contribution in [-0.4, -0.2) is 30.5 Å². The zero-order valence-electron chi connectivity index (χ0n) is 7.29. The van der Waals surface area contributed by atoms with Gasteiger partial charge in [-0.25, -0.2) is 4.79 Å². The Kier molecular flexibility index (Phi) is 5.97. The van der Waals surface area contributed by atoms with Crippen molar-refractivity contribution in [1.82, 2.24) is 0 Å². The summed E-state index contributed by atoms with van der Waals surface area (Å²) in [6.45, 7) is 4.82. The van der Waals surface area contributed by atoms with Gasteiger partial charge < -0.3 is 9.47 Å². The van der Waals surface area contributed by atoms with Crippen LogP contribution in [0.2, 0.25) is 0 Å². The summed E-state index contributed by atoms with van der Waals surface area (Å²) < 4.78 is 9.33. The van der Waals surface area contributed by atoms with Crippen molar-refractivity contribution in [1.29, 1.82) is 0 Å². The highest BCUT2D eigenvalue weighted by molar-refractivity contribution is 6.26. The molecule has 1 atom stereocenters. The van der Waals surface area contributed by atoms with E-state index in [9.17, 15) is 9.59 Å². The van der Waals surface area contributed by atoms with Crippen molar-refractivity contribution in [2.24, 2.45) is 0 Å². The van der Waals surface area contributed by atoms with Crippen LogP contribution in [0, 0.1) is 0 Å². The Morgan fingerprint density at radius 3 is 2.69 bits per heavy atom. The number of carbonyl (C=O) groups excluding carboxylic acids is 2. The maximum absolute atomic E-state index is 10.6. The van der Waals surface area contributed by atoms with E-state index in [1.165, 1.54) is 0 Å². The lowest BCUT2D eigenvalue weighted by Gasteiger charge is -2.11. The first-order valence-corrected chi connectivity index (χ1v) is 4.18. The summed E-state index contributed by atoms with van der Waals surface area (Å²) in [4.78, 5) is 21.2. The second-order valence-corrected chi connectivity index (χ2v) is 2.54. The number of carbonyl (C=O) groups is 2. The molecule has 5 heteroatoms. The molecule has 0 rings (SSSR count). The molecular formula is C8H11ClO4. The summed E-state index contributed by atoms with van der Waals surface area (Å²) in [5, 5.41) is 0. The normalized spacial score (nSPS) is 11.5. The molecule has 0 heterocycles. The van der Waals surface area contributed by atoms with Gasteiger partial charge in [0, 0.05) is 6.08 Å². The Morgan fingerprint density at radius 1 is 1.62 bits per heavy atom. The van der Waals surface area contributed by atoms with Gasteiger partial charge >= 0.3 is 11.9 Å². The summed E-state index contributed by atoms with van der Waals surface area (Å²) in [6, 6.07) is 0. The number of ether oxygens (including phenoxy) is 2. The van der Waals surface area contributed by atoms with E-state index in [2.05, 4.69) is 11.3 Å². The molecule has 0 radical (unpaired) electrons. The van der Waals surface area contributed by atoms with Gasteiger partial charge in [0.1, 0.15) is 18.6 Å². The van der Waals surface area contributed by atoms with E-state index in [0.717, 1.165) is 6.08 Å². The quantitative estimate of drug-likeness (QED) is 0.381. The zero-order chi connectivity index (χ0) is 10.3. The fourth-order valence-electron chi connectivity index (χ4n) is 0.548. The Bertz CT molecular complexity index is 202. The first kappa shape index (κ1) is 12.0. The summed E-state index contributed by atoms with van der Waals surface area (Å²) in [5.74, 6) is -1.29. The lowest BCUT2D eigenvalue weighted by Crippen LogP contribution is -2.22. The average Bonchev–Trinajstić information content (AvgIpc) is 2.13. The number of alkyl halides is 1. The molecule has 0 N–H and O–H groups in total. The van der Waals surface area contributed by atoms with Gasteiger partial charge in [-0.3, -0.25) is 4.79 Å². The van der Waals surface area contributed by atoms with Crippen molar-refractivity contribution in [2.45, 2.75) is 13.0 Å². The van der Waals surface area contributed by atoms with Gasteiger partial charge in [0.15, 0.2) is 0 Å². The largest absolute Gasteiger partial charge is 0.459 e. The Labute approximate surface area is 81.5 Å². The lowest BCUT2D eigenvalue weighted by molar-refractivity contribution is -0.153. The van der Waals surface area contributed by atoms with Gasteiger partial charge in [-0.1, -0.05) is 6.58 Å². The average molecular weight is 207 g/mol. The van der Waals surface area contributed by atoms with E-state index in [0.29, 0.717) is 0 Å². The van der Waals surface area contributed by atoms with Crippen LogP contribution in [0.15, 0.2) is 12.7 Å². The number of hydrogen-bond acceptors (Lipinski definition) is 4. The molecule has 0 amide bonds. The highest BCUT2D eigenvalue weighted by atomic mass is 35.5. The monoisotopic (exact) mass is 206 g/mol. The van der Waals surface area contributed by atoms with Gasteiger partial charge in [-0.05, 0) is 6.92 Å². The van der Waals surface area contributed by atoms with E-state index in [1.807, 2.05) is 0 Å². The van der Waals surface area contributed by atoms with Crippen molar-refractivity contribution in [3.8, 4) is 0 Å². The Morgan fingerprint density at radius 2 is 2.23 bits per heavy atom. The maximum Gasteiger partial charge on any atom is 0.330 e. The summed E-state index contributed by atoms with van der Waals surface area (Å²) in [7, 11) is 0. The van der Waals surface area contributed by atoms with Crippen LogP contribution in [0.3, 0.4) is 0 Å². The Balaban J connectivity index is 3.62. The van der Waals surface area contributed by atoms with E-state index in [1.54, 1.807) is 6.92 Å². The molecule has 13 heavy (non-hydrogen) atoms. The fourth-order valence-corrected chi connectivity index (χ4v) is 0.611. The third-order valence-electron chi connectivity index (χ3n) is 1.07. The molecule has 0 spiro atoms. The van der Waals surface area contributed by atoms with Crippen LogP contribution < -0.4 is 0 Å². The maximum atomic E-state index is 10.6. The van der Waals surface area contributed by atoms with Gasteiger partial charge in [0.25, 0.3) is 0 Å². The molecule has 4 nitrogen and oxygen atoms in total. The van der Waals surface area contributed by atoms with Gasteiger partial charge in [0.05, 0.1) is 0 Å². The molecule has 0 aromatic carbocycles. The first-order chi connectivity index (χ1) is 6.10. The van der Waals surface area contributed by atoms with Crippen molar-refractivity contribution >= 4 is 23.5 Å². The second-order valence-electron chi connectivity index (χ2n) is 2.27. The summed E-state index contributed by atoms with van der Waals surface area (Å²) in [5.41, 5.74) is 0. The lowest BCUT2D eigenvalue weighted by atomic mass is 10.4.